The summed E-state index contributed by atoms with van der Waals surface area (Å²) < 4.78 is 25.3. The Hall–Kier alpha value is -3.23. The summed E-state index contributed by atoms with van der Waals surface area (Å²) >= 11 is 0. The molecule has 1 aromatic carbocycles. The van der Waals surface area contributed by atoms with E-state index in [1.165, 1.54) is 49.4 Å². The number of carbonyl (C=O) groups is 2. The fourth-order valence-electron chi connectivity index (χ4n) is 2.95. The van der Waals surface area contributed by atoms with Crippen molar-refractivity contribution in [1.82, 2.24) is 14.7 Å². The molecule has 0 spiro atoms. The Kier molecular flexibility index (Phi) is 5.20. The number of hydrogen-bond acceptors (Lipinski definition) is 6. The molecule has 0 saturated carbocycles. The molecule has 8 nitrogen and oxygen atoms in total. The van der Waals surface area contributed by atoms with Crippen molar-refractivity contribution in [2.24, 2.45) is 7.05 Å². The molecule has 0 N–H and O–H groups in total. The zero-order chi connectivity index (χ0) is 19.6. The summed E-state index contributed by atoms with van der Waals surface area (Å²) in [6.45, 7) is 0.0530. The maximum atomic E-state index is 13.8. The normalized spacial score (nSPS) is 19.0. The van der Waals surface area contributed by atoms with E-state index in [9.17, 15) is 18.8 Å². The minimum Gasteiger partial charge on any atom is -0.485 e. The molecule has 1 amide bonds. The minimum atomic E-state index is -0.890. The SMILES string of the molecule is COC(=O)[C@H]1C[C@H](Oc2ccccc2F)CN1C(=O)c1ccc(=O)n(C)n1. The summed E-state index contributed by atoms with van der Waals surface area (Å²) in [6, 6.07) is 7.53. The van der Waals surface area contributed by atoms with Crippen molar-refractivity contribution >= 4 is 11.9 Å². The number of amides is 1. The molecule has 142 valence electrons. The van der Waals surface area contributed by atoms with Gasteiger partial charge in [0.2, 0.25) is 0 Å². The third-order valence-corrected chi connectivity index (χ3v) is 4.31. The number of benzene rings is 1. The Morgan fingerprint density at radius 1 is 1.22 bits per heavy atom. The molecular weight excluding hydrogens is 357 g/mol. The van der Waals surface area contributed by atoms with Gasteiger partial charge in [-0.2, -0.15) is 5.10 Å². The molecule has 1 saturated heterocycles. The van der Waals surface area contributed by atoms with Crippen LogP contribution in [0.4, 0.5) is 4.39 Å². The third kappa shape index (κ3) is 3.81. The molecule has 27 heavy (non-hydrogen) atoms. The van der Waals surface area contributed by atoms with Crippen LogP contribution in [0.2, 0.25) is 0 Å². The number of rotatable bonds is 4. The second kappa shape index (κ2) is 7.56. The maximum absolute atomic E-state index is 13.8. The number of halogens is 1. The number of methoxy groups -OCH3 is 1. The molecule has 1 aliphatic heterocycles. The van der Waals surface area contributed by atoms with Crippen LogP contribution in [0.15, 0.2) is 41.2 Å². The van der Waals surface area contributed by atoms with E-state index in [1.54, 1.807) is 6.07 Å². The standard InChI is InChI=1S/C18H18FN3O5/c1-21-16(23)8-7-13(20-21)17(24)22-10-11(9-14(22)18(25)26-2)27-15-6-4-3-5-12(15)19/h3-8,11,14H,9-10H2,1-2H3/t11-,14+/m0/s1. The van der Waals surface area contributed by atoms with E-state index in [4.69, 9.17) is 9.47 Å². The van der Waals surface area contributed by atoms with E-state index < -0.39 is 29.8 Å². The number of aromatic nitrogens is 2. The lowest BCUT2D eigenvalue weighted by Gasteiger charge is -2.21. The summed E-state index contributed by atoms with van der Waals surface area (Å²) in [5, 5.41) is 3.92. The average Bonchev–Trinajstić information content (AvgIpc) is 3.08. The van der Waals surface area contributed by atoms with Crippen molar-refractivity contribution < 1.29 is 23.5 Å². The molecule has 0 bridgehead atoms. The van der Waals surface area contributed by atoms with Crippen LogP contribution in [-0.2, 0) is 16.6 Å². The van der Waals surface area contributed by atoms with Crippen LogP contribution >= 0.6 is 0 Å². The van der Waals surface area contributed by atoms with Gasteiger partial charge in [-0.3, -0.25) is 9.59 Å². The van der Waals surface area contributed by atoms with Gasteiger partial charge in [0.05, 0.1) is 13.7 Å². The van der Waals surface area contributed by atoms with Gasteiger partial charge >= 0.3 is 5.97 Å². The fourth-order valence-corrected chi connectivity index (χ4v) is 2.95. The Labute approximate surface area is 154 Å². The van der Waals surface area contributed by atoms with Crippen LogP contribution in [0, 0.1) is 5.82 Å². The number of hydrogen-bond donors (Lipinski definition) is 0. The first-order valence-corrected chi connectivity index (χ1v) is 8.25. The summed E-state index contributed by atoms with van der Waals surface area (Å²) in [6.07, 6.45) is -0.444. The summed E-state index contributed by atoms with van der Waals surface area (Å²) in [7, 11) is 2.64. The zero-order valence-electron chi connectivity index (χ0n) is 14.8. The van der Waals surface area contributed by atoms with Gasteiger partial charge < -0.3 is 14.4 Å². The molecule has 2 atom stereocenters. The monoisotopic (exact) mass is 375 g/mol. The van der Waals surface area contributed by atoms with Crippen molar-refractivity contribution in [3.63, 3.8) is 0 Å². The topological polar surface area (TPSA) is 90.7 Å². The molecule has 2 aromatic rings. The maximum Gasteiger partial charge on any atom is 0.328 e. The molecule has 3 rings (SSSR count). The lowest BCUT2D eigenvalue weighted by molar-refractivity contribution is -0.145. The minimum absolute atomic E-state index is 0.0116. The van der Waals surface area contributed by atoms with Crippen LogP contribution in [0.5, 0.6) is 5.75 Å². The lowest BCUT2D eigenvalue weighted by atomic mass is 10.2. The quantitative estimate of drug-likeness (QED) is 0.733. The van der Waals surface area contributed by atoms with Crippen LogP contribution in [-0.4, -0.2) is 52.4 Å². The molecule has 0 unspecified atom stereocenters. The Morgan fingerprint density at radius 3 is 2.63 bits per heavy atom. The van der Waals surface area contributed by atoms with Gasteiger partial charge in [0.25, 0.3) is 11.5 Å². The van der Waals surface area contributed by atoms with Crippen molar-refractivity contribution in [3.05, 3.63) is 58.3 Å². The second-order valence-electron chi connectivity index (χ2n) is 6.08. The lowest BCUT2D eigenvalue weighted by Crippen LogP contribution is -2.42. The van der Waals surface area contributed by atoms with E-state index >= 15 is 0 Å². The average molecular weight is 375 g/mol. The van der Waals surface area contributed by atoms with Gasteiger partial charge in [0.15, 0.2) is 11.6 Å². The first-order valence-electron chi connectivity index (χ1n) is 8.25. The third-order valence-electron chi connectivity index (χ3n) is 4.31. The van der Waals surface area contributed by atoms with Gasteiger partial charge in [-0.1, -0.05) is 12.1 Å². The van der Waals surface area contributed by atoms with Crippen LogP contribution < -0.4 is 10.3 Å². The van der Waals surface area contributed by atoms with Crippen molar-refractivity contribution in [2.45, 2.75) is 18.6 Å². The second-order valence-corrected chi connectivity index (χ2v) is 6.08. The highest BCUT2D eigenvalue weighted by molar-refractivity contribution is 5.95. The smallest absolute Gasteiger partial charge is 0.328 e. The predicted octanol–water partition coefficient (Wildman–Crippen LogP) is 0.754. The van der Waals surface area contributed by atoms with Gasteiger partial charge in [-0.05, 0) is 18.2 Å². The molecule has 0 aliphatic carbocycles. The Morgan fingerprint density at radius 2 is 1.96 bits per heavy atom. The molecule has 1 aromatic heterocycles. The van der Waals surface area contributed by atoms with E-state index in [0.29, 0.717) is 0 Å². The van der Waals surface area contributed by atoms with Crippen LogP contribution in [0.1, 0.15) is 16.9 Å². The van der Waals surface area contributed by atoms with E-state index in [1.807, 2.05) is 0 Å². The number of para-hydroxylation sites is 1. The summed E-state index contributed by atoms with van der Waals surface area (Å²) in [5.41, 5.74) is -0.351. The van der Waals surface area contributed by atoms with Gasteiger partial charge in [-0.25, -0.2) is 13.9 Å². The largest absolute Gasteiger partial charge is 0.485 e. The van der Waals surface area contributed by atoms with Crippen LogP contribution in [0.3, 0.4) is 0 Å². The number of carbonyl (C=O) groups excluding carboxylic acids is 2. The summed E-state index contributed by atoms with van der Waals surface area (Å²) in [4.78, 5) is 37.7. The summed E-state index contributed by atoms with van der Waals surface area (Å²) in [5.74, 6) is -1.63. The molecule has 0 radical (unpaired) electrons. The van der Waals surface area contributed by atoms with Gasteiger partial charge in [-0.15, -0.1) is 0 Å². The highest BCUT2D eigenvalue weighted by Gasteiger charge is 2.42. The zero-order valence-corrected chi connectivity index (χ0v) is 14.8. The van der Waals surface area contributed by atoms with Gasteiger partial charge in [0.1, 0.15) is 17.8 Å². The molecule has 9 heteroatoms. The Balaban J connectivity index is 1.84. The van der Waals surface area contributed by atoms with E-state index in [-0.39, 0.29) is 30.0 Å². The Bertz CT molecular complexity index is 929. The molecule has 1 aliphatic rings. The number of esters is 1. The predicted molar refractivity (Wildman–Crippen MR) is 91.8 cm³/mol. The molecule has 1 fully saturated rings. The molecule has 2 heterocycles. The van der Waals surface area contributed by atoms with Crippen LogP contribution in [0.25, 0.3) is 0 Å². The van der Waals surface area contributed by atoms with E-state index in [2.05, 4.69) is 5.10 Å². The number of ether oxygens (including phenoxy) is 2. The molecular formula is C18H18FN3O5. The van der Waals surface area contributed by atoms with Crippen molar-refractivity contribution in [1.29, 1.82) is 0 Å². The van der Waals surface area contributed by atoms with Gasteiger partial charge in [0, 0.05) is 19.5 Å². The highest BCUT2D eigenvalue weighted by Crippen LogP contribution is 2.26. The van der Waals surface area contributed by atoms with Crippen molar-refractivity contribution in [3.8, 4) is 5.75 Å². The first-order chi connectivity index (χ1) is 12.9. The highest BCUT2D eigenvalue weighted by atomic mass is 19.1. The number of likely N-dealkylation sites (tertiary alicyclic amines) is 1. The van der Waals surface area contributed by atoms with E-state index in [0.717, 1.165) is 4.68 Å². The number of nitrogens with zero attached hydrogens (tertiary/aromatic N) is 3. The van der Waals surface area contributed by atoms with Crippen molar-refractivity contribution in [2.75, 3.05) is 13.7 Å². The first kappa shape index (κ1) is 18.6. The fraction of sp³-hybridized carbons (Fsp3) is 0.333. The number of aryl methyl sites for hydroxylation is 1.